The van der Waals surface area contributed by atoms with Crippen LogP contribution in [0.1, 0.15) is 22.3 Å². The zero-order valence-corrected chi connectivity index (χ0v) is 21.1. The van der Waals surface area contributed by atoms with E-state index in [0.717, 1.165) is 16.7 Å². The molecule has 2 aromatic carbocycles. The molecular formula is C28H29ClN4O4. The molecule has 0 atom stereocenters. The molecule has 8 nitrogen and oxygen atoms in total. The average molecular weight is 521 g/mol. The van der Waals surface area contributed by atoms with Crippen LogP contribution in [0.3, 0.4) is 0 Å². The third kappa shape index (κ3) is 7.55. The number of ether oxygens (including phenoxy) is 2. The van der Waals surface area contributed by atoms with E-state index < -0.39 is 0 Å². The summed E-state index contributed by atoms with van der Waals surface area (Å²) in [5.41, 5.74) is 8.88. The molecule has 0 aliphatic carbocycles. The van der Waals surface area contributed by atoms with Crippen molar-refractivity contribution in [1.29, 1.82) is 0 Å². The molecule has 1 aromatic heterocycles. The summed E-state index contributed by atoms with van der Waals surface area (Å²) in [6.45, 7) is 3.25. The lowest BCUT2D eigenvalue weighted by molar-refractivity contribution is -0.116. The maximum Gasteiger partial charge on any atom is 0.254 e. The number of nitrogens with two attached hydrogens (primary N) is 1. The number of anilines is 1. The third-order valence-corrected chi connectivity index (χ3v) is 6.11. The van der Waals surface area contributed by atoms with Crippen LogP contribution in [0, 0.1) is 0 Å². The number of rotatable bonds is 9. The first-order chi connectivity index (χ1) is 18.0. The second kappa shape index (κ2) is 12.9. The van der Waals surface area contributed by atoms with E-state index in [1.54, 1.807) is 24.4 Å². The number of benzene rings is 2. The number of nitrogen functional groups attached to an aromatic ring is 1. The highest BCUT2D eigenvalue weighted by Gasteiger charge is 2.18. The molecule has 3 N–H and O–H groups in total. The van der Waals surface area contributed by atoms with Crippen molar-refractivity contribution in [1.82, 2.24) is 15.2 Å². The molecule has 1 aliphatic heterocycles. The summed E-state index contributed by atoms with van der Waals surface area (Å²) < 4.78 is 11.1. The molecule has 4 rings (SSSR count). The molecule has 2 heterocycles. The molecule has 192 valence electrons. The van der Waals surface area contributed by atoms with Gasteiger partial charge < -0.3 is 25.4 Å². The minimum absolute atomic E-state index is 0.0166. The van der Waals surface area contributed by atoms with E-state index in [1.807, 2.05) is 47.4 Å². The number of morpholine rings is 1. The van der Waals surface area contributed by atoms with Gasteiger partial charge in [0.25, 0.3) is 5.91 Å². The number of pyridine rings is 1. The normalized spacial score (nSPS) is 13.5. The van der Waals surface area contributed by atoms with Crippen molar-refractivity contribution in [3.8, 4) is 16.9 Å². The zero-order chi connectivity index (χ0) is 26.0. The maximum atomic E-state index is 12.6. The van der Waals surface area contributed by atoms with Gasteiger partial charge in [-0.2, -0.15) is 0 Å². The summed E-state index contributed by atoms with van der Waals surface area (Å²) in [6.07, 6.45) is 5.36. The molecule has 37 heavy (non-hydrogen) atoms. The van der Waals surface area contributed by atoms with Crippen LogP contribution in [0.2, 0.25) is 5.02 Å². The molecule has 0 saturated carbocycles. The number of hydrogen-bond acceptors (Lipinski definition) is 6. The van der Waals surface area contributed by atoms with Gasteiger partial charge in [0.05, 0.1) is 24.8 Å². The summed E-state index contributed by atoms with van der Waals surface area (Å²) in [5, 5.41) is 3.31. The lowest BCUT2D eigenvalue weighted by Crippen LogP contribution is -2.40. The number of halogens is 1. The minimum atomic E-state index is -0.197. The fourth-order valence-electron chi connectivity index (χ4n) is 3.76. The Hall–Kier alpha value is -3.88. The van der Waals surface area contributed by atoms with Crippen LogP contribution < -0.4 is 15.8 Å². The lowest BCUT2D eigenvalue weighted by atomic mass is 10.0. The molecule has 3 aromatic rings. The van der Waals surface area contributed by atoms with E-state index in [0.29, 0.717) is 68.0 Å². The van der Waals surface area contributed by atoms with E-state index in [2.05, 4.69) is 10.3 Å². The number of amides is 2. The molecule has 1 aliphatic rings. The Morgan fingerprint density at radius 2 is 1.84 bits per heavy atom. The van der Waals surface area contributed by atoms with Gasteiger partial charge in [0.2, 0.25) is 5.91 Å². The fraction of sp³-hybridized carbons (Fsp3) is 0.250. The number of aromatic nitrogens is 1. The predicted octanol–water partition coefficient (Wildman–Crippen LogP) is 4.06. The Morgan fingerprint density at radius 1 is 1.08 bits per heavy atom. The summed E-state index contributed by atoms with van der Waals surface area (Å²) in [4.78, 5) is 30.4. The molecule has 0 bridgehead atoms. The Kier molecular flexibility index (Phi) is 9.13. The summed E-state index contributed by atoms with van der Waals surface area (Å²) >= 11 is 6.45. The number of nitrogens with one attached hydrogen (secondary N) is 1. The highest BCUT2D eigenvalue weighted by molar-refractivity contribution is 6.32. The van der Waals surface area contributed by atoms with Gasteiger partial charge in [0.1, 0.15) is 11.6 Å². The van der Waals surface area contributed by atoms with Crippen molar-refractivity contribution in [3.05, 3.63) is 83.0 Å². The highest BCUT2D eigenvalue weighted by atomic mass is 35.5. The topological polar surface area (TPSA) is 107 Å². The number of hydrogen-bond donors (Lipinski definition) is 2. The van der Waals surface area contributed by atoms with Crippen molar-refractivity contribution in [2.24, 2.45) is 0 Å². The summed E-state index contributed by atoms with van der Waals surface area (Å²) in [5.74, 6) is 0.828. The first kappa shape index (κ1) is 26.2. The first-order valence-corrected chi connectivity index (χ1v) is 12.4. The van der Waals surface area contributed by atoms with Gasteiger partial charge in [-0.3, -0.25) is 9.59 Å². The first-order valence-electron chi connectivity index (χ1n) is 12.1. The van der Waals surface area contributed by atoms with E-state index in [9.17, 15) is 9.59 Å². The highest BCUT2D eigenvalue weighted by Crippen LogP contribution is 2.30. The standard InChI is InChI=1S/C28H29ClN4O4/c29-24-18-23(21-4-6-22(7-5-21)28(35)33-13-16-36-17-14-33)8-9-25(24)37-15-1-12-31-27(34)11-3-20-2-10-26(30)32-19-20/h2-11,18-19H,1,12-17H2,(H2,30,32)(H,31,34)/b11-3+. The largest absolute Gasteiger partial charge is 0.492 e. The van der Waals surface area contributed by atoms with Gasteiger partial charge in [-0.05, 0) is 65.6 Å². The second-order valence-electron chi connectivity index (χ2n) is 8.47. The van der Waals surface area contributed by atoms with Crippen molar-refractivity contribution in [3.63, 3.8) is 0 Å². The monoisotopic (exact) mass is 520 g/mol. The van der Waals surface area contributed by atoms with Gasteiger partial charge in [0.15, 0.2) is 0 Å². The number of carbonyl (C=O) groups excluding carboxylic acids is 2. The summed E-state index contributed by atoms with van der Waals surface area (Å²) in [6, 6.07) is 16.6. The average Bonchev–Trinajstić information content (AvgIpc) is 2.93. The predicted molar refractivity (Wildman–Crippen MR) is 144 cm³/mol. The van der Waals surface area contributed by atoms with Crippen LogP contribution in [0.4, 0.5) is 5.82 Å². The quantitative estimate of drug-likeness (QED) is 0.325. The molecule has 1 fully saturated rings. The fourth-order valence-corrected chi connectivity index (χ4v) is 4.00. The van der Waals surface area contributed by atoms with Gasteiger partial charge in [-0.15, -0.1) is 0 Å². The van der Waals surface area contributed by atoms with Crippen LogP contribution in [-0.4, -0.2) is 61.2 Å². The van der Waals surface area contributed by atoms with E-state index in [1.165, 1.54) is 6.08 Å². The van der Waals surface area contributed by atoms with E-state index in [-0.39, 0.29) is 11.8 Å². The minimum Gasteiger partial charge on any atom is -0.492 e. The van der Waals surface area contributed by atoms with Crippen LogP contribution in [0.5, 0.6) is 5.75 Å². The molecule has 0 radical (unpaired) electrons. The molecular weight excluding hydrogens is 492 g/mol. The van der Waals surface area contributed by atoms with Crippen LogP contribution in [0.15, 0.2) is 66.9 Å². The van der Waals surface area contributed by atoms with Crippen molar-refractivity contribution in [2.45, 2.75) is 6.42 Å². The molecule has 1 saturated heterocycles. The molecule has 2 amide bonds. The number of carbonyl (C=O) groups is 2. The lowest BCUT2D eigenvalue weighted by Gasteiger charge is -2.26. The van der Waals surface area contributed by atoms with Crippen molar-refractivity contribution < 1.29 is 19.1 Å². The van der Waals surface area contributed by atoms with Crippen LogP contribution in [-0.2, 0) is 9.53 Å². The van der Waals surface area contributed by atoms with Crippen LogP contribution in [0.25, 0.3) is 17.2 Å². The van der Waals surface area contributed by atoms with Crippen molar-refractivity contribution >= 4 is 35.3 Å². The molecule has 0 spiro atoms. The Balaban J connectivity index is 1.22. The van der Waals surface area contributed by atoms with E-state index >= 15 is 0 Å². The third-order valence-electron chi connectivity index (χ3n) is 5.81. The molecule has 9 heteroatoms. The molecule has 0 unspecified atom stereocenters. The van der Waals surface area contributed by atoms with E-state index in [4.69, 9.17) is 26.8 Å². The van der Waals surface area contributed by atoms with Gasteiger partial charge in [0, 0.05) is 37.5 Å². The van der Waals surface area contributed by atoms with Gasteiger partial charge in [-0.1, -0.05) is 29.8 Å². The van der Waals surface area contributed by atoms with Crippen LogP contribution >= 0.6 is 11.6 Å². The second-order valence-corrected chi connectivity index (χ2v) is 8.88. The van der Waals surface area contributed by atoms with Gasteiger partial charge in [-0.25, -0.2) is 4.98 Å². The SMILES string of the molecule is Nc1ccc(/C=C/C(=O)NCCCOc2ccc(-c3ccc(C(=O)N4CCOCC4)cc3)cc2Cl)cn1. The smallest absolute Gasteiger partial charge is 0.254 e. The van der Waals surface area contributed by atoms with Crippen molar-refractivity contribution in [2.75, 3.05) is 45.2 Å². The Morgan fingerprint density at radius 3 is 2.54 bits per heavy atom. The Bertz CT molecular complexity index is 1240. The van der Waals surface area contributed by atoms with Gasteiger partial charge >= 0.3 is 0 Å². The summed E-state index contributed by atoms with van der Waals surface area (Å²) in [7, 11) is 0. The zero-order valence-electron chi connectivity index (χ0n) is 20.4. The Labute approximate surface area is 221 Å². The number of nitrogens with zero attached hydrogens (tertiary/aromatic N) is 2. The maximum absolute atomic E-state index is 12.6.